The van der Waals surface area contributed by atoms with Crippen LogP contribution in [0.1, 0.15) is 40.9 Å². The van der Waals surface area contributed by atoms with Crippen molar-refractivity contribution in [2.24, 2.45) is 0 Å². The second-order valence-electron chi connectivity index (χ2n) is 6.53. The van der Waals surface area contributed by atoms with Crippen molar-refractivity contribution in [3.8, 4) is 0 Å². The zero-order valence-electron chi connectivity index (χ0n) is 16.1. The number of carbonyl (C=O) groups excluding carboxylic acids is 1. The highest BCUT2D eigenvalue weighted by Crippen LogP contribution is 2.18. The fourth-order valence-corrected chi connectivity index (χ4v) is 4.21. The van der Waals surface area contributed by atoms with Gasteiger partial charge in [-0.3, -0.25) is 4.79 Å². The van der Waals surface area contributed by atoms with Gasteiger partial charge in [-0.25, -0.2) is 13.1 Å². The molecule has 0 spiro atoms. The quantitative estimate of drug-likeness (QED) is 0.717. The molecular weight excluding hydrogens is 398 g/mol. The van der Waals surface area contributed by atoms with Crippen molar-refractivity contribution in [3.63, 3.8) is 0 Å². The minimum absolute atomic E-state index is 0. The molecule has 2 N–H and O–H groups in total. The molecule has 0 saturated carbocycles. The van der Waals surface area contributed by atoms with Gasteiger partial charge in [0.1, 0.15) is 0 Å². The molecule has 0 radical (unpaired) electrons. The first-order valence-corrected chi connectivity index (χ1v) is 10.6. The second kappa shape index (κ2) is 9.52. The van der Waals surface area contributed by atoms with E-state index in [-0.39, 0.29) is 29.8 Å². The van der Waals surface area contributed by atoms with Crippen LogP contribution in [0.4, 0.5) is 0 Å². The molecule has 8 heteroatoms. The Bertz CT molecular complexity index is 926. The van der Waals surface area contributed by atoms with E-state index in [4.69, 9.17) is 0 Å². The summed E-state index contributed by atoms with van der Waals surface area (Å²) in [5, 5.41) is 3.27. The summed E-state index contributed by atoms with van der Waals surface area (Å²) in [7, 11) is -3.64. The molecule has 0 atom stereocenters. The van der Waals surface area contributed by atoms with Crippen molar-refractivity contribution in [2.45, 2.75) is 38.4 Å². The van der Waals surface area contributed by atoms with E-state index in [1.807, 2.05) is 32.0 Å². The van der Waals surface area contributed by atoms with E-state index in [1.54, 1.807) is 17.0 Å². The van der Waals surface area contributed by atoms with Crippen molar-refractivity contribution in [1.29, 1.82) is 0 Å². The molecule has 1 aliphatic heterocycles. The summed E-state index contributed by atoms with van der Waals surface area (Å²) in [5.41, 5.74) is 3.89. The van der Waals surface area contributed by atoms with E-state index in [9.17, 15) is 13.2 Å². The molecule has 6 nitrogen and oxygen atoms in total. The molecule has 28 heavy (non-hydrogen) atoms. The number of fused-ring (bicyclic) bond motifs is 1. The normalized spacial score (nSPS) is 12.9. The van der Waals surface area contributed by atoms with Gasteiger partial charge in [-0.1, -0.05) is 18.2 Å². The monoisotopic (exact) mass is 423 g/mol. The van der Waals surface area contributed by atoms with Gasteiger partial charge in [0, 0.05) is 38.3 Å². The fourth-order valence-electron chi connectivity index (χ4n) is 3.19. The molecule has 0 unspecified atom stereocenters. The number of carbonyl (C=O) groups is 1. The number of rotatable bonds is 7. The number of hydrogen-bond acceptors (Lipinski definition) is 4. The lowest BCUT2D eigenvalue weighted by molar-refractivity contribution is 0.0773. The van der Waals surface area contributed by atoms with Crippen molar-refractivity contribution < 1.29 is 13.2 Å². The predicted octanol–water partition coefficient (Wildman–Crippen LogP) is 2.67. The summed E-state index contributed by atoms with van der Waals surface area (Å²) < 4.78 is 27.7. The van der Waals surface area contributed by atoms with Crippen LogP contribution in [0.25, 0.3) is 0 Å². The average Bonchev–Trinajstić information content (AvgIpc) is 3.15. The minimum atomic E-state index is -3.64. The maximum atomic E-state index is 12.5. The lowest BCUT2D eigenvalue weighted by atomic mass is 10.1. The van der Waals surface area contributed by atoms with Crippen molar-refractivity contribution in [2.75, 3.05) is 13.1 Å². The fraction of sp³-hybridized carbons (Fsp3) is 0.350. The summed E-state index contributed by atoms with van der Waals surface area (Å²) in [6.07, 6.45) is 0. The Kier molecular flexibility index (Phi) is 7.60. The molecule has 0 aliphatic carbocycles. The summed E-state index contributed by atoms with van der Waals surface area (Å²) in [5.74, 6) is -0.0938. The molecule has 0 bridgehead atoms. The first-order chi connectivity index (χ1) is 12.9. The van der Waals surface area contributed by atoms with Crippen LogP contribution in [0.2, 0.25) is 0 Å². The molecule has 2 aromatic rings. The summed E-state index contributed by atoms with van der Waals surface area (Å²) >= 11 is 0. The predicted molar refractivity (Wildman–Crippen MR) is 112 cm³/mol. The molecule has 3 rings (SSSR count). The van der Waals surface area contributed by atoms with Crippen LogP contribution in [0.5, 0.6) is 0 Å². The van der Waals surface area contributed by atoms with Crippen LogP contribution in [0.15, 0.2) is 47.4 Å². The van der Waals surface area contributed by atoms with Crippen molar-refractivity contribution in [1.82, 2.24) is 14.9 Å². The molecule has 0 fully saturated rings. The van der Waals surface area contributed by atoms with Gasteiger partial charge in [-0.2, -0.15) is 0 Å². The highest BCUT2D eigenvalue weighted by molar-refractivity contribution is 7.89. The highest BCUT2D eigenvalue weighted by Gasteiger charge is 2.17. The topological polar surface area (TPSA) is 78.5 Å². The summed E-state index contributed by atoms with van der Waals surface area (Å²) in [6.45, 7) is 6.98. The lowest BCUT2D eigenvalue weighted by Crippen LogP contribution is -2.30. The Balaban J connectivity index is 0.00000280. The lowest BCUT2D eigenvalue weighted by Gasteiger charge is -2.18. The number of hydrogen-bond donors (Lipinski definition) is 2. The first-order valence-electron chi connectivity index (χ1n) is 9.15. The van der Waals surface area contributed by atoms with Gasteiger partial charge >= 0.3 is 0 Å². The van der Waals surface area contributed by atoms with E-state index in [2.05, 4.69) is 10.0 Å². The smallest absolute Gasteiger partial charge is 0.253 e. The largest absolute Gasteiger partial charge is 0.339 e. The molecule has 2 aromatic carbocycles. The van der Waals surface area contributed by atoms with Gasteiger partial charge in [-0.05, 0) is 54.8 Å². The van der Waals surface area contributed by atoms with Gasteiger partial charge in [0.25, 0.3) is 5.91 Å². The van der Waals surface area contributed by atoms with Crippen molar-refractivity contribution in [3.05, 3.63) is 64.7 Å². The van der Waals surface area contributed by atoms with Crippen molar-refractivity contribution >= 4 is 28.3 Å². The molecule has 1 amide bonds. The SMILES string of the molecule is CCN(CC)C(=O)c1ccc(S(=O)(=O)NCc2ccc3c(c2)CNC3)cc1.Cl. The average molecular weight is 424 g/mol. The molecule has 152 valence electrons. The number of halogens is 1. The zero-order chi connectivity index (χ0) is 19.4. The van der Waals surface area contributed by atoms with Crippen LogP contribution in [-0.4, -0.2) is 32.3 Å². The number of amides is 1. The molecule has 1 aliphatic rings. The Labute approximate surface area is 172 Å². The van der Waals surface area contributed by atoms with Gasteiger partial charge in [0.15, 0.2) is 0 Å². The molecule has 1 heterocycles. The Morgan fingerprint density at radius 1 is 1.04 bits per heavy atom. The molecular formula is C20H26ClN3O3S. The maximum Gasteiger partial charge on any atom is 0.253 e. The minimum Gasteiger partial charge on any atom is -0.339 e. The van der Waals surface area contributed by atoms with E-state index >= 15 is 0 Å². The van der Waals surface area contributed by atoms with Crippen LogP contribution in [-0.2, 0) is 29.7 Å². The summed E-state index contributed by atoms with van der Waals surface area (Å²) in [6, 6.07) is 12.1. The standard InChI is InChI=1S/C20H25N3O3S.ClH/c1-3-23(4-2)20(24)16-7-9-19(10-8-16)27(25,26)22-12-15-5-6-17-13-21-14-18(17)11-15;/h5-11,21-22H,3-4,12-14H2,1-2H3;1H. The van der Waals surface area contributed by atoms with Crippen LogP contribution >= 0.6 is 12.4 Å². The zero-order valence-corrected chi connectivity index (χ0v) is 17.7. The third-order valence-electron chi connectivity index (χ3n) is 4.83. The van der Waals surface area contributed by atoms with E-state index < -0.39 is 10.0 Å². The molecule has 0 saturated heterocycles. The van der Waals surface area contributed by atoms with Gasteiger partial charge < -0.3 is 10.2 Å². The number of benzene rings is 2. The van der Waals surface area contributed by atoms with Crippen LogP contribution in [0, 0.1) is 0 Å². The maximum absolute atomic E-state index is 12.5. The number of sulfonamides is 1. The first kappa shape index (κ1) is 22.4. The number of nitrogens with one attached hydrogen (secondary N) is 2. The van der Waals surface area contributed by atoms with Gasteiger partial charge in [0.2, 0.25) is 10.0 Å². The van der Waals surface area contributed by atoms with E-state index in [0.717, 1.165) is 18.7 Å². The highest BCUT2D eigenvalue weighted by atomic mass is 35.5. The Morgan fingerprint density at radius 2 is 1.68 bits per heavy atom. The van der Waals surface area contributed by atoms with E-state index in [1.165, 1.54) is 23.3 Å². The van der Waals surface area contributed by atoms with E-state index in [0.29, 0.717) is 18.7 Å². The van der Waals surface area contributed by atoms with Crippen LogP contribution in [0.3, 0.4) is 0 Å². The van der Waals surface area contributed by atoms with Gasteiger partial charge in [-0.15, -0.1) is 12.4 Å². The van der Waals surface area contributed by atoms with Crippen LogP contribution < -0.4 is 10.0 Å². The molecule has 0 aromatic heterocycles. The third-order valence-corrected chi connectivity index (χ3v) is 6.25. The third kappa shape index (κ3) is 4.91. The second-order valence-corrected chi connectivity index (χ2v) is 8.30. The Morgan fingerprint density at radius 3 is 2.32 bits per heavy atom. The summed E-state index contributed by atoms with van der Waals surface area (Å²) in [4.78, 5) is 14.2. The number of nitrogens with zero attached hydrogens (tertiary/aromatic N) is 1. The van der Waals surface area contributed by atoms with Gasteiger partial charge in [0.05, 0.1) is 4.90 Å². The Hall–Kier alpha value is -1.93.